The fraction of sp³-hybridized carbons (Fsp3) is 0.611. The summed E-state index contributed by atoms with van der Waals surface area (Å²) in [4.78, 5) is 14.5. The van der Waals surface area contributed by atoms with E-state index in [0.717, 1.165) is 44.8 Å². The van der Waals surface area contributed by atoms with E-state index in [1.54, 1.807) is 0 Å². The number of nitrogens with one attached hydrogen (secondary N) is 1. The lowest BCUT2D eigenvalue weighted by molar-refractivity contribution is -0.121. The van der Waals surface area contributed by atoms with Crippen LogP contribution in [-0.4, -0.2) is 49.8 Å². The van der Waals surface area contributed by atoms with Gasteiger partial charge in [0.1, 0.15) is 6.61 Å². The molecule has 1 aromatic rings. The maximum Gasteiger partial charge on any atom is 0.250 e. The predicted octanol–water partition coefficient (Wildman–Crippen LogP) is 2.42. The van der Waals surface area contributed by atoms with Crippen LogP contribution in [0.25, 0.3) is 0 Å². The minimum Gasteiger partial charge on any atom is -0.376 e. The van der Waals surface area contributed by atoms with Crippen LogP contribution in [0.4, 0.5) is 5.69 Å². The van der Waals surface area contributed by atoms with Gasteiger partial charge < -0.3 is 14.8 Å². The first-order valence-corrected chi connectivity index (χ1v) is 8.61. The van der Waals surface area contributed by atoms with Crippen molar-refractivity contribution in [2.45, 2.75) is 38.3 Å². The van der Waals surface area contributed by atoms with Gasteiger partial charge in [0.2, 0.25) is 5.91 Å². The smallest absolute Gasteiger partial charge is 0.250 e. The van der Waals surface area contributed by atoms with Crippen molar-refractivity contribution in [1.29, 1.82) is 0 Å². The van der Waals surface area contributed by atoms with Crippen LogP contribution in [0.5, 0.6) is 0 Å². The van der Waals surface area contributed by atoms with Gasteiger partial charge >= 0.3 is 0 Å². The van der Waals surface area contributed by atoms with Crippen molar-refractivity contribution in [3.8, 4) is 0 Å². The van der Waals surface area contributed by atoms with E-state index in [1.165, 1.54) is 18.4 Å². The van der Waals surface area contributed by atoms with Crippen LogP contribution in [0.3, 0.4) is 0 Å². The number of amides is 1. The molecular formula is C18H26N2O3. The van der Waals surface area contributed by atoms with Crippen LogP contribution in [-0.2, 0) is 20.8 Å². The molecule has 126 valence electrons. The van der Waals surface area contributed by atoms with Crippen LogP contribution in [0, 0.1) is 0 Å². The molecule has 5 nitrogen and oxygen atoms in total. The second-order valence-electron chi connectivity index (χ2n) is 6.34. The van der Waals surface area contributed by atoms with Crippen LogP contribution in [0.15, 0.2) is 24.3 Å². The number of carbonyl (C=O) groups is 1. The van der Waals surface area contributed by atoms with Gasteiger partial charge in [0.05, 0.1) is 12.7 Å². The van der Waals surface area contributed by atoms with E-state index < -0.39 is 0 Å². The zero-order valence-corrected chi connectivity index (χ0v) is 13.6. The highest BCUT2D eigenvalue weighted by Gasteiger charge is 2.17. The van der Waals surface area contributed by atoms with Gasteiger partial charge in [-0.3, -0.25) is 9.69 Å². The summed E-state index contributed by atoms with van der Waals surface area (Å²) in [6.07, 6.45) is 4.81. The monoisotopic (exact) mass is 318 g/mol. The molecule has 0 aromatic heterocycles. The van der Waals surface area contributed by atoms with Crippen molar-refractivity contribution in [3.63, 3.8) is 0 Å². The summed E-state index contributed by atoms with van der Waals surface area (Å²) >= 11 is 0. The number of para-hydroxylation sites is 1. The summed E-state index contributed by atoms with van der Waals surface area (Å²) in [5.74, 6) is -0.100. The van der Waals surface area contributed by atoms with Gasteiger partial charge in [-0.2, -0.15) is 0 Å². The quantitative estimate of drug-likeness (QED) is 0.839. The zero-order valence-electron chi connectivity index (χ0n) is 13.6. The van der Waals surface area contributed by atoms with E-state index >= 15 is 0 Å². The maximum absolute atomic E-state index is 12.1. The van der Waals surface area contributed by atoms with E-state index in [1.807, 2.05) is 18.2 Å². The number of benzene rings is 1. The predicted molar refractivity (Wildman–Crippen MR) is 89.4 cm³/mol. The van der Waals surface area contributed by atoms with Gasteiger partial charge in [-0.25, -0.2) is 0 Å². The topological polar surface area (TPSA) is 50.8 Å². The van der Waals surface area contributed by atoms with Crippen molar-refractivity contribution < 1.29 is 14.3 Å². The summed E-state index contributed by atoms with van der Waals surface area (Å²) in [5, 5.41) is 2.98. The highest BCUT2D eigenvalue weighted by Crippen LogP contribution is 2.20. The Kier molecular flexibility index (Phi) is 6.02. The first kappa shape index (κ1) is 16.4. The number of hydrogen-bond acceptors (Lipinski definition) is 4. The van der Waals surface area contributed by atoms with Crippen LogP contribution in [0.2, 0.25) is 0 Å². The average molecular weight is 318 g/mol. The fourth-order valence-electron chi connectivity index (χ4n) is 3.21. The van der Waals surface area contributed by atoms with Gasteiger partial charge in [-0.05, 0) is 50.4 Å². The number of hydrogen-bond donors (Lipinski definition) is 1. The van der Waals surface area contributed by atoms with Gasteiger partial charge in [0, 0.05) is 18.8 Å². The average Bonchev–Trinajstić information content (AvgIpc) is 3.23. The molecular weight excluding hydrogens is 292 g/mol. The third kappa shape index (κ3) is 5.03. The summed E-state index contributed by atoms with van der Waals surface area (Å²) < 4.78 is 11.0. The van der Waals surface area contributed by atoms with E-state index in [-0.39, 0.29) is 18.6 Å². The molecule has 0 saturated carbocycles. The molecule has 2 saturated heterocycles. The lowest BCUT2D eigenvalue weighted by Crippen LogP contribution is -2.24. The van der Waals surface area contributed by atoms with Crippen LogP contribution >= 0.6 is 0 Å². The third-order valence-corrected chi connectivity index (χ3v) is 4.44. The number of anilines is 1. The summed E-state index contributed by atoms with van der Waals surface area (Å²) in [7, 11) is 0. The molecule has 0 radical (unpaired) electrons. The maximum atomic E-state index is 12.1. The molecule has 2 heterocycles. The molecule has 0 aliphatic carbocycles. The number of nitrogens with zero attached hydrogens (tertiary/aromatic N) is 1. The Morgan fingerprint density at radius 3 is 2.87 bits per heavy atom. The number of ether oxygens (including phenoxy) is 2. The molecule has 3 rings (SSSR count). The Labute approximate surface area is 137 Å². The summed E-state index contributed by atoms with van der Waals surface area (Å²) in [6, 6.07) is 8.02. The largest absolute Gasteiger partial charge is 0.376 e. The van der Waals surface area contributed by atoms with E-state index in [0.29, 0.717) is 6.61 Å². The molecule has 2 aliphatic heterocycles. The lowest BCUT2D eigenvalue weighted by atomic mass is 10.1. The second-order valence-corrected chi connectivity index (χ2v) is 6.34. The standard InChI is InChI=1S/C18H26N2O3/c21-18(14-22-13-16-7-5-11-23-16)19-17-8-2-1-6-15(17)12-20-9-3-4-10-20/h1-2,6,8,16H,3-5,7,9-14H2,(H,19,21)/t16-/m1/s1. The Morgan fingerprint density at radius 1 is 1.26 bits per heavy atom. The fourth-order valence-corrected chi connectivity index (χ4v) is 3.21. The Morgan fingerprint density at radius 2 is 2.09 bits per heavy atom. The first-order valence-electron chi connectivity index (χ1n) is 8.61. The van der Waals surface area contributed by atoms with Gasteiger partial charge in [0.15, 0.2) is 0 Å². The highest BCUT2D eigenvalue weighted by atomic mass is 16.5. The van der Waals surface area contributed by atoms with Crippen molar-refractivity contribution >= 4 is 11.6 Å². The number of carbonyl (C=O) groups excluding carboxylic acids is 1. The molecule has 1 N–H and O–H groups in total. The molecule has 1 amide bonds. The number of rotatable bonds is 7. The number of likely N-dealkylation sites (tertiary alicyclic amines) is 1. The molecule has 2 aliphatic rings. The van der Waals surface area contributed by atoms with E-state index in [9.17, 15) is 4.79 Å². The van der Waals surface area contributed by atoms with Crippen LogP contribution < -0.4 is 5.32 Å². The lowest BCUT2D eigenvalue weighted by Gasteiger charge is -2.18. The minimum absolute atomic E-state index is 0.0813. The van der Waals surface area contributed by atoms with Crippen molar-refractivity contribution in [3.05, 3.63) is 29.8 Å². The van der Waals surface area contributed by atoms with Crippen molar-refractivity contribution in [2.24, 2.45) is 0 Å². The minimum atomic E-state index is -0.100. The molecule has 0 bridgehead atoms. The normalized spacial score (nSPS) is 21.7. The molecule has 1 aromatic carbocycles. The van der Waals surface area contributed by atoms with Crippen molar-refractivity contribution in [1.82, 2.24) is 4.90 Å². The van der Waals surface area contributed by atoms with Gasteiger partial charge in [-0.1, -0.05) is 18.2 Å². The molecule has 2 fully saturated rings. The molecule has 0 unspecified atom stereocenters. The highest BCUT2D eigenvalue weighted by molar-refractivity contribution is 5.92. The summed E-state index contributed by atoms with van der Waals surface area (Å²) in [6.45, 7) is 4.58. The second kappa shape index (κ2) is 8.43. The van der Waals surface area contributed by atoms with E-state index in [2.05, 4.69) is 16.3 Å². The molecule has 23 heavy (non-hydrogen) atoms. The first-order chi connectivity index (χ1) is 11.3. The third-order valence-electron chi connectivity index (χ3n) is 4.44. The Balaban J connectivity index is 1.47. The van der Waals surface area contributed by atoms with Crippen molar-refractivity contribution in [2.75, 3.05) is 38.2 Å². The zero-order chi connectivity index (χ0) is 15.9. The molecule has 1 atom stereocenters. The van der Waals surface area contributed by atoms with E-state index in [4.69, 9.17) is 9.47 Å². The van der Waals surface area contributed by atoms with Gasteiger partial charge in [-0.15, -0.1) is 0 Å². The Bertz CT molecular complexity index is 509. The molecule has 0 spiro atoms. The Hall–Kier alpha value is -1.43. The summed E-state index contributed by atoms with van der Waals surface area (Å²) in [5.41, 5.74) is 2.06. The van der Waals surface area contributed by atoms with Crippen LogP contribution in [0.1, 0.15) is 31.2 Å². The molecule has 5 heteroatoms. The van der Waals surface area contributed by atoms with Gasteiger partial charge in [0.25, 0.3) is 0 Å². The SMILES string of the molecule is O=C(COC[C@H]1CCCO1)Nc1ccccc1CN1CCCC1.